The summed E-state index contributed by atoms with van der Waals surface area (Å²) in [7, 11) is -4.24. The largest absolute Gasteiger partial charge is 0.394 e. The Balaban J connectivity index is 3.14. The second kappa shape index (κ2) is 5.27. The van der Waals surface area contributed by atoms with Crippen LogP contribution in [0.3, 0.4) is 0 Å². The Morgan fingerprint density at radius 3 is 2.00 bits per heavy atom. The molecule has 1 rings (SSSR count). The number of benzene rings is 1. The van der Waals surface area contributed by atoms with Crippen molar-refractivity contribution in [1.82, 2.24) is 4.72 Å². The van der Waals surface area contributed by atoms with Crippen molar-refractivity contribution in [3.05, 3.63) is 29.8 Å². The first-order valence-electron chi connectivity index (χ1n) is 4.94. The molecule has 8 heteroatoms. The highest BCUT2D eigenvalue weighted by Gasteiger charge is 2.30. The van der Waals surface area contributed by atoms with Crippen LogP contribution in [0, 0.1) is 11.6 Å². The molecule has 102 valence electrons. The van der Waals surface area contributed by atoms with Gasteiger partial charge in [-0.3, -0.25) is 0 Å². The summed E-state index contributed by atoms with van der Waals surface area (Å²) in [6.07, 6.45) is 0. The van der Waals surface area contributed by atoms with E-state index in [9.17, 15) is 17.2 Å². The second-order valence-electron chi connectivity index (χ2n) is 4.09. The molecule has 3 N–H and O–H groups in total. The zero-order valence-corrected chi connectivity index (χ0v) is 10.3. The van der Waals surface area contributed by atoms with Gasteiger partial charge in [-0.1, -0.05) is 0 Å². The average molecular weight is 281 g/mol. The van der Waals surface area contributed by atoms with Gasteiger partial charge < -0.3 is 10.2 Å². The summed E-state index contributed by atoms with van der Waals surface area (Å²) in [5, 5.41) is 17.9. The van der Waals surface area contributed by atoms with E-state index in [0.717, 1.165) is 0 Å². The monoisotopic (exact) mass is 281 g/mol. The van der Waals surface area contributed by atoms with E-state index in [-0.39, 0.29) is 0 Å². The van der Waals surface area contributed by atoms with Gasteiger partial charge in [0.05, 0.1) is 23.6 Å². The fourth-order valence-corrected chi connectivity index (χ4v) is 2.61. The number of aliphatic hydroxyl groups is 2. The van der Waals surface area contributed by atoms with E-state index in [0.29, 0.717) is 18.2 Å². The first-order chi connectivity index (χ1) is 8.22. The van der Waals surface area contributed by atoms with Crippen molar-refractivity contribution in [2.75, 3.05) is 13.2 Å². The first-order valence-corrected chi connectivity index (χ1v) is 6.42. The average Bonchev–Trinajstić information content (AvgIpc) is 2.27. The van der Waals surface area contributed by atoms with Crippen LogP contribution in [0.4, 0.5) is 8.78 Å². The summed E-state index contributed by atoms with van der Waals surface area (Å²) >= 11 is 0. The summed E-state index contributed by atoms with van der Waals surface area (Å²) in [5.74, 6) is -2.07. The summed E-state index contributed by atoms with van der Waals surface area (Å²) < 4.78 is 51.4. The van der Waals surface area contributed by atoms with Crippen LogP contribution in [-0.2, 0) is 10.0 Å². The standard InChI is InChI=1S/C10H13F2NO4S/c1-10(5-14,6-15)13-18(16,17)9-3-7(11)2-8(12)4-9/h2-4,13-15H,5-6H2,1H3. The lowest BCUT2D eigenvalue weighted by Crippen LogP contribution is -2.51. The molecule has 0 saturated heterocycles. The lowest BCUT2D eigenvalue weighted by Gasteiger charge is -2.25. The number of aliphatic hydroxyl groups excluding tert-OH is 2. The normalized spacial score (nSPS) is 12.7. The smallest absolute Gasteiger partial charge is 0.241 e. The van der Waals surface area contributed by atoms with Gasteiger partial charge in [-0.05, 0) is 19.1 Å². The predicted molar refractivity (Wildman–Crippen MR) is 59.3 cm³/mol. The summed E-state index contributed by atoms with van der Waals surface area (Å²) in [6, 6.07) is 1.82. The van der Waals surface area contributed by atoms with Crippen molar-refractivity contribution in [2.24, 2.45) is 0 Å². The van der Waals surface area contributed by atoms with E-state index in [1.165, 1.54) is 6.92 Å². The van der Waals surface area contributed by atoms with E-state index >= 15 is 0 Å². The van der Waals surface area contributed by atoms with Crippen molar-refractivity contribution >= 4 is 10.0 Å². The van der Waals surface area contributed by atoms with E-state index in [1.54, 1.807) is 0 Å². The van der Waals surface area contributed by atoms with Gasteiger partial charge in [-0.2, -0.15) is 0 Å². The minimum absolute atomic E-state index is 0.538. The van der Waals surface area contributed by atoms with E-state index < -0.39 is 45.3 Å². The molecule has 5 nitrogen and oxygen atoms in total. The summed E-state index contributed by atoms with van der Waals surface area (Å²) in [5.41, 5.74) is -1.51. The highest BCUT2D eigenvalue weighted by molar-refractivity contribution is 7.89. The van der Waals surface area contributed by atoms with Crippen molar-refractivity contribution in [1.29, 1.82) is 0 Å². The number of sulfonamides is 1. The molecule has 0 amide bonds. The molecule has 0 fully saturated rings. The van der Waals surface area contributed by atoms with Crippen molar-refractivity contribution in [3.63, 3.8) is 0 Å². The fraction of sp³-hybridized carbons (Fsp3) is 0.400. The molecule has 0 aliphatic carbocycles. The first kappa shape index (κ1) is 15.0. The molecule has 0 bridgehead atoms. The molecule has 1 aromatic carbocycles. The molecule has 0 atom stereocenters. The highest BCUT2D eigenvalue weighted by Crippen LogP contribution is 2.16. The Morgan fingerprint density at radius 2 is 1.61 bits per heavy atom. The molecule has 0 saturated carbocycles. The van der Waals surface area contributed by atoms with Gasteiger partial charge in [-0.15, -0.1) is 0 Å². The van der Waals surface area contributed by atoms with Crippen LogP contribution < -0.4 is 4.72 Å². The Bertz CT molecular complexity index is 508. The predicted octanol–water partition coefficient (Wildman–Crippen LogP) is -0.0136. The van der Waals surface area contributed by atoms with Crippen LogP contribution in [0.25, 0.3) is 0 Å². The molecule has 0 spiro atoms. The molecule has 1 aromatic rings. The highest BCUT2D eigenvalue weighted by atomic mass is 32.2. The summed E-state index contributed by atoms with van der Waals surface area (Å²) in [4.78, 5) is -0.617. The van der Waals surface area contributed by atoms with Crippen molar-refractivity contribution in [3.8, 4) is 0 Å². The molecule has 0 aromatic heterocycles. The molecule has 0 aliphatic rings. The Hall–Kier alpha value is -1.09. The zero-order chi connectivity index (χ0) is 14.0. The molecule has 0 radical (unpaired) electrons. The van der Waals surface area contributed by atoms with E-state index in [2.05, 4.69) is 0 Å². The minimum Gasteiger partial charge on any atom is -0.394 e. The van der Waals surface area contributed by atoms with Gasteiger partial charge in [0.2, 0.25) is 10.0 Å². The number of hydrogen-bond donors (Lipinski definition) is 3. The second-order valence-corrected chi connectivity index (χ2v) is 5.77. The minimum atomic E-state index is -4.24. The third-order valence-corrected chi connectivity index (χ3v) is 3.84. The molecule has 18 heavy (non-hydrogen) atoms. The molecule has 0 aliphatic heterocycles. The quantitative estimate of drug-likeness (QED) is 0.708. The van der Waals surface area contributed by atoms with Crippen LogP contribution in [0.5, 0.6) is 0 Å². The number of halogens is 2. The van der Waals surface area contributed by atoms with Gasteiger partial charge in [0.1, 0.15) is 11.6 Å². The Labute approximate surface area is 103 Å². The van der Waals surface area contributed by atoms with Gasteiger partial charge in [0.25, 0.3) is 0 Å². The van der Waals surface area contributed by atoms with Crippen LogP contribution in [0.15, 0.2) is 23.1 Å². The zero-order valence-electron chi connectivity index (χ0n) is 9.52. The Kier molecular flexibility index (Phi) is 4.38. The molecule has 0 unspecified atom stereocenters. The maximum absolute atomic E-state index is 12.9. The van der Waals surface area contributed by atoms with Gasteiger partial charge >= 0.3 is 0 Å². The van der Waals surface area contributed by atoms with Crippen LogP contribution in [-0.4, -0.2) is 37.4 Å². The number of hydrogen-bond acceptors (Lipinski definition) is 4. The lowest BCUT2D eigenvalue weighted by atomic mass is 10.1. The Morgan fingerprint density at radius 1 is 1.17 bits per heavy atom. The molecular weight excluding hydrogens is 268 g/mol. The molecule has 0 heterocycles. The maximum Gasteiger partial charge on any atom is 0.241 e. The number of nitrogens with one attached hydrogen (secondary N) is 1. The van der Waals surface area contributed by atoms with Gasteiger partial charge in [0, 0.05) is 6.07 Å². The third-order valence-electron chi connectivity index (χ3n) is 2.23. The van der Waals surface area contributed by atoms with Crippen molar-refractivity contribution in [2.45, 2.75) is 17.4 Å². The van der Waals surface area contributed by atoms with Gasteiger partial charge in [0.15, 0.2) is 0 Å². The molecular formula is C10H13F2NO4S. The maximum atomic E-state index is 12.9. The van der Waals surface area contributed by atoms with Crippen molar-refractivity contribution < 1.29 is 27.4 Å². The van der Waals surface area contributed by atoms with Crippen LogP contribution >= 0.6 is 0 Å². The van der Waals surface area contributed by atoms with E-state index in [4.69, 9.17) is 10.2 Å². The summed E-state index contributed by atoms with van der Waals surface area (Å²) in [6.45, 7) is -0.0821. The SMILES string of the molecule is CC(CO)(CO)NS(=O)(=O)c1cc(F)cc(F)c1. The topological polar surface area (TPSA) is 86.6 Å². The number of rotatable bonds is 5. The lowest BCUT2D eigenvalue weighted by molar-refractivity contribution is 0.121. The fourth-order valence-electron chi connectivity index (χ4n) is 1.18. The van der Waals surface area contributed by atoms with Crippen LogP contribution in [0.1, 0.15) is 6.92 Å². The third kappa shape index (κ3) is 3.45. The van der Waals surface area contributed by atoms with Crippen LogP contribution in [0.2, 0.25) is 0 Å². The van der Waals surface area contributed by atoms with E-state index in [1.807, 2.05) is 4.72 Å². The van der Waals surface area contributed by atoms with Gasteiger partial charge in [-0.25, -0.2) is 21.9 Å².